The van der Waals surface area contributed by atoms with Crippen LogP contribution in [0.5, 0.6) is 0 Å². The highest BCUT2D eigenvalue weighted by molar-refractivity contribution is 8.00. The van der Waals surface area contributed by atoms with Gasteiger partial charge in [0.1, 0.15) is 0 Å². The van der Waals surface area contributed by atoms with Crippen LogP contribution in [-0.4, -0.2) is 17.2 Å². The summed E-state index contributed by atoms with van der Waals surface area (Å²) in [6.07, 6.45) is 7.04. The van der Waals surface area contributed by atoms with Gasteiger partial charge in [-0.05, 0) is 13.3 Å². The fourth-order valence-electron chi connectivity index (χ4n) is 1.67. The van der Waals surface area contributed by atoms with Gasteiger partial charge in [-0.15, -0.1) is 11.8 Å². The maximum atomic E-state index is 3.47. The molecular weight excluding hydrogens is 166 g/mol. The van der Waals surface area contributed by atoms with E-state index < -0.39 is 0 Å². The molecule has 0 spiro atoms. The highest BCUT2D eigenvalue weighted by atomic mass is 32.2. The quantitative estimate of drug-likeness (QED) is 0.664. The van der Waals surface area contributed by atoms with Crippen molar-refractivity contribution < 1.29 is 0 Å². The van der Waals surface area contributed by atoms with Crippen molar-refractivity contribution in [3.8, 4) is 0 Å². The van der Waals surface area contributed by atoms with Gasteiger partial charge in [-0.2, -0.15) is 0 Å². The second kappa shape index (κ2) is 5.87. The molecule has 1 nitrogen and oxygen atoms in total. The molecule has 0 saturated carbocycles. The zero-order valence-electron chi connectivity index (χ0n) is 8.31. The number of nitrogens with one attached hydrogen (secondary N) is 1. The Labute approximate surface area is 80.7 Å². The predicted molar refractivity (Wildman–Crippen MR) is 57.6 cm³/mol. The van der Waals surface area contributed by atoms with Gasteiger partial charge in [0.25, 0.3) is 0 Å². The molecule has 1 rings (SSSR count). The van der Waals surface area contributed by atoms with Gasteiger partial charge in [0.2, 0.25) is 0 Å². The lowest BCUT2D eigenvalue weighted by Gasteiger charge is -2.12. The summed E-state index contributed by atoms with van der Waals surface area (Å²) < 4.78 is 0. The van der Waals surface area contributed by atoms with E-state index >= 15 is 0 Å². The van der Waals surface area contributed by atoms with Crippen molar-refractivity contribution in [1.82, 2.24) is 5.32 Å². The first-order valence-electron chi connectivity index (χ1n) is 5.19. The minimum Gasteiger partial charge on any atom is -0.304 e. The SMILES string of the molecule is CCCCCCC1SCNC1C. The van der Waals surface area contributed by atoms with Crippen LogP contribution in [0, 0.1) is 0 Å². The Morgan fingerprint density at radius 2 is 2.17 bits per heavy atom. The van der Waals surface area contributed by atoms with Crippen LogP contribution < -0.4 is 5.32 Å². The molecule has 12 heavy (non-hydrogen) atoms. The standard InChI is InChI=1S/C10H21NS/c1-3-4-5-6-7-10-9(2)11-8-12-10/h9-11H,3-8H2,1-2H3. The summed E-state index contributed by atoms with van der Waals surface area (Å²) >= 11 is 2.10. The van der Waals surface area contributed by atoms with E-state index in [-0.39, 0.29) is 0 Å². The van der Waals surface area contributed by atoms with E-state index in [2.05, 4.69) is 30.9 Å². The Kier molecular flexibility index (Phi) is 5.08. The smallest absolute Gasteiger partial charge is 0.0423 e. The van der Waals surface area contributed by atoms with Crippen molar-refractivity contribution in [1.29, 1.82) is 0 Å². The molecule has 2 heteroatoms. The largest absolute Gasteiger partial charge is 0.304 e. The predicted octanol–water partition coefficient (Wildman–Crippen LogP) is 3.01. The highest BCUT2D eigenvalue weighted by Crippen LogP contribution is 2.25. The van der Waals surface area contributed by atoms with Crippen LogP contribution in [0.15, 0.2) is 0 Å². The summed E-state index contributed by atoms with van der Waals surface area (Å²) in [5, 5.41) is 4.36. The molecule has 72 valence electrons. The lowest BCUT2D eigenvalue weighted by Crippen LogP contribution is -2.25. The minimum atomic E-state index is 0.747. The number of thioether (sulfide) groups is 1. The zero-order chi connectivity index (χ0) is 8.81. The molecule has 1 aliphatic rings. The number of rotatable bonds is 5. The average molecular weight is 187 g/mol. The molecule has 0 aromatic rings. The van der Waals surface area contributed by atoms with Gasteiger partial charge >= 0.3 is 0 Å². The third kappa shape index (κ3) is 3.36. The molecule has 1 N–H and O–H groups in total. The first kappa shape index (κ1) is 10.4. The van der Waals surface area contributed by atoms with E-state index in [1.807, 2.05) is 0 Å². The molecule has 0 amide bonds. The average Bonchev–Trinajstić information content (AvgIpc) is 2.46. The third-order valence-corrected chi connectivity index (χ3v) is 4.01. The molecule has 1 heterocycles. The monoisotopic (exact) mass is 187 g/mol. The summed E-state index contributed by atoms with van der Waals surface area (Å²) in [5.41, 5.74) is 0. The van der Waals surface area contributed by atoms with E-state index in [9.17, 15) is 0 Å². The Morgan fingerprint density at radius 3 is 2.75 bits per heavy atom. The Bertz CT molecular complexity index is 116. The zero-order valence-corrected chi connectivity index (χ0v) is 9.12. The van der Waals surface area contributed by atoms with Crippen molar-refractivity contribution in [3.05, 3.63) is 0 Å². The summed E-state index contributed by atoms with van der Waals surface area (Å²) in [6, 6.07) is 0.747. The van der Waals surface area contributed by atoms with E-state index in [0.717, 1.165) is 11.3 Å². The summed E-state index contributed by atoms with van der Waals surface area (Å²) in [7, 11) is 0. The maximum absolute atomic E-state index is 3.47. The van der Waals surface area contributed by atoms with Crippen LogP contribution >= 0.6 is 11.8 Å². The number of unbranched alkanes of at least 4 members (excludes halogenated alkanes) is 3. The van der Waals surface area contributed by atoms with Crippen molar-refractivity contribution in [2.75, 3.05) is 5.88 Å². The Balaban J connectivity index is 1.98. The van der Waals surface area contributed by atoms with E-state index in [0.29, 0.717) is 0 Å². The van der Waals surface area contributed by atoms with Gasteiger partial charge in [-0.3, -0.25) is 0 Å². The Hall–Kier alpha value is 0.310. The second-order valence-electron chi connectivity index (χ2n) is 3.69. The number of hydrogen-bond acceptors (Lipinski definition) is 2. The first-order valence-corrected chi connectivity index (χ1v) is 6.24. The van der Waals surface area contributed by atoms with Gasteiger partial charge in [-0.1, -0.05) is 32.6 Å². The molecule has 1 saturated heterocycles. The summed E-state index contributed by atoms with van der Waals surface area (Å²) in [6.45, 7) is 4.58. The molecule has 2 unspecified atom stereocenters. The number of hydrogen-bond donors (Lipinski definition) is 1. The first-order chi connectivity index (χ1) is 5.84. The van der Waals surface area contributed by atoms with Crippen molar-refractivity contribution in [2.45, 2.75) is 57.2 Å². The molecule has 0 bridgehead atoms. The van der Waals surface area contributed by atoms with Gasteiger partial charge in [-0.25, -0.2) is 0 Å². The van der Waals surface area contributed by atoms with Crippen LogP contribution in [0.4, 0.5) is 0 Å². The van der Waals surface area contributed by atoms with Crippen molar-refractivity contribution in [3.63, 3.8) is 0 Å². The minimum absolute atomic E-state index is 0.747. The van der Waals surface area contributed by atoms with Crippen LogP contribution in [0.1, 0.15) is 46.0 Å². The van der Waals surface area contributed by atoms with Gasteiger partial charge in [0.05, 0.1) is 0 Å². The van der Waals surface area contributed by atoms with Crippen LogP contribution in [0.25, 0.3) is 0 Å². The van der Waals surface area contributed by atoms with E-state index in [4.69, 9.17) is 0 Å². The van der Waals surface area contributed by atoms with E-state index in [1.165, 1.54) is 38.0 Å². The molecular formula is C10H21NS. The lowest BCUT2D eigenvalue weighted by atomic mass is 10.1. The normalized spacial score (nSPS) is 29.5. The third-order valence-electron chi connectivity index (χ3n) is 2.60. The Morgan fingerprint density at radius 1 is 1.33 bits per heavy atom. The molecule has 0 aliphatic carbocycles. The molecule has 1 aliphatic heterocycles. The van der Waals surface area contributed by atoms with Crippen molar-refractivity contribution in [2.24, 2.45) is 0 Å². The molecule has 0 aromatic heterocycles. The van der Waals surface area contributed by atoms with Crippen LogP contribution in [0.3, 0.4) is 0 Å². The topological polar surface area (TPSA) is 12.0 Å². The van der Waals surface area contributed by atoms with Gasteiger partial charge < -0.3 is 5.32 Å². The maximum Gasteiger partial charge on any atom is 0.0423 e. The van der Waals surface area contributed by atoms with Gasteiger partial charge in [0.15, 0.2) is 0 Å². The molecule has 0 radical (unpaired) electrons. The van der Waals surface area contributed by atoms with Crippen LogP contribution in [0.2, 0.25) is 0 Å². The summed E-state index contributed by atoms with van der Waals surface area (Å²) in [5.74, 6) is 1.17. The lowest BCUT2D eigenvalue weighted by molar-refractivity contribution is 0.542. The van der Waals surface area contributed by atoms with Crippen molar-refractivity contribution >= 4 is 11.8 Å². The fourth-order valence-corrected chi connectivity index (χ4v) is 2.96. The molecule has 2 atom stereocenters. The van der Waals surface area contributed by atoms with Gasteiger partial charge in [0, 0.05) is 17.2 Å². The molecule has 1 fully saturated rings. The molecule has 0 aromatic carbocycles. The highest BCUT2D eigenvalue weighted by Gasteiger charge is 2.22. The summed E-state index contributed by atoms with van der Waals surface area (Å²) in [4.78, 5) is 0. The van der Waals surface area contributed by atoms with Crippen LogP contribution in [-0.2, 0) is 0 Å². The van der Waals surface area contributed by atoms with E-state index in [1.54, 1.807) is 0 Å². The fraction of sp³-hybridized carbons (Fsp3) is 1.00. The second-order valence-corrected chi connectivity index (χ2v) is 4.92.